The lowest BCUT2D eigenvalue weighted by molar-refractivity contribution is -0.0515. The van der Waals surface area contributed by atoms with Gasteiger partial charge in [0.1, 0.15) is 22.8 Å². The number of carbonyl (C=O) groups is 2. The minimum absolute atomic E-state index is 0. The van der Waals surface area contributed by atoms with E-state index in [4.69, 9.17) is 20.0 Å². The fourth-order valence-electron chi connectivity index (χ4n) is 3.34. The number of aromatic nitrogens is 2. The van der Waals surface area contributed by atoms with E-state index in [1.165, 1.54) is 36.4 Å². The van der Waals surface area contributed by atoms with Crippen LogP contribution in [-0.4, -0.2) is 40.2 Å². The Balaban J connectivity index is 0.00000253. The van der Waals surface area contributed by atoms with Crippen LogP contribution in [0.1, 0.15) is 58.2 Å². The van der Waals surface area contributed by atoms with Gasteiger partial charge in [0, 0.05) is 5.56 Å². The minimum atomic E-state index is -3.01. The SMILES string of the molecule is C[C@H](N)c1oc(-c2ccc(OC(F)F)c(OCC3CC3)c2)nc1CNC(=O)c1cccc(C(=O)O)n1.Cl.Cl. The van der Waals surface area contributed by atoms with Crippen molar-refractivity contribution in [2.45, 2.75) is 39.0 Å². The second kappa shape index (κ2) is 13.4. The molecule has 1 amide bonds. The molecule has 4 N–H and O–H groups in total. The number of alkyl halides is 2. The summed E-state index contributed by atoms with van der Waals surface area (Å²) in [4.78, 5) is 31.8. The predicted molar refractivity (Wildman–Crippen MR) is 136 cm³/mol. The number of oxazole rings is 1. The first-order valence-electron chi connectivity index (χ1n) is 11.2. The van der Waals surface area contributed by atoms with Crippen molar-refractivity contribution in [1.82, 2.24) is 15.3 Å². The van der Waals surface area contributed by atoms with E-state index in [2.05, 4.69) is 20.0 Å². The maximum Gasteiger partial charge on any atom is 0.387 e. The van der Waals surface area contributed by atoms with Crippen LogP contribution in [0.2, 0.25) is 0 Å². The number of nitrogens with zero attached hydrogens (tertiary/aromatic N) is 2. The molecule has 4 rings (SSSR count). The maximum atomic E-state index is 12.8. The Morgan fingerprint density at radius 3 is 2.50 bits per heavy atom. The van der Waals surface area contributed by atoms with Crippen LogP contribution < -0.4 is 20.5 Å². The summed E-state index contributed by atoms with van der Waals surface area (Å²) >= 11 is 0. The molecule has 0 saturated heterocycles. The minimum Gasteiger partial charge on any atom is -0.489 e. The Morgan fingerprint density at radius 1 is 1.16 bits per heavy atom. The van der Waals surface area contributed by atoms with E-state index < -0.39 is 24.5 Å². The standard InChI is InChI=1S/C24H24F2N4O6.2ClH/c1-12(27)20-17(10-28-21(31)15-3-2-4-16(29-15)23(32)33)30-22(36-20)14-7-8-18(35-24(25)26)19(9-14)34-11-13-5-6-13;;/h2-4,7-9,12-13,24H,5-6,10-11,27H2,1H3,(H,28,31)(H,32,33);2*1H/t12-;;/m0../s1. The molecule has 1 atom stereocenters. The molecular formula is C24H26Cl2F2N4O6. The molecule has 2 heterocycles. The number of hydrogen-bond acceptors (Lipinski definition) is 8. The number of pyridine rings is 1. The highest BCUT2D eigenvalue weighted by Gasteiger charge is 2.24. The number of nitrogens with one attached hydrogen (secondary N) is 1. The molecule has 0 unspecified atom stereocenters. The Kier molecular flexibility index (Phi) is 10.8. The van der Waals surface area contributed by atoms with Crippen molar-refractivity contribution >= 4 is 36.7 Å². The van der Waals surface area contributed by atoms with Crippen molar-refractivity contribution in [1.29, 1.82) is 0 Å². The summed E-state index contributed by atoms with van der Waals surface area (Å²) in [5, 5.41) is 11.7. The first-order chi connectivity index (χ1) is 17.2. The van der Waals surface area contributed by atoms with Crippen LogP contribution in [0.4, 0.5) is 8.78 Å². The number of carboxylic acids is 1. The maximum absolute atomic E-state index is 12.8. The average molecular weight is 575 g/mol. The summed E-state index contributed by atoms with van der Waals surface area (Å²) in [6.07, 6.45) is 2.04. The topological polar surface area (TPSA) is 150 Å². The fraction of sp³-hybridized carbons (Fsp3) is 0.333. The van der Waals surface area contributed by atoms with Crippen LogP contribution >= 0.6 is 24.8 Å². The summed E-state index contributed by atoms with van der Waals surface area (Å²) in [5.41, 5.74) is 6.47. The van der Waals surface area contributed by atoms with Crippen molar-refractivity contribution in [3.8, 4) is 23.0 Å². The summed E-state index contributed by atoms with van der Waals surface area (Å²) < 4.78 is 41.8. The first-order valence-corrected chi connectivity index (χ1v) is 11.2. The van der Waals surface area contributed by atoms with Crippen molar-refractivity contribution < 1.29 is 37.4 Å². The van der Waals surface area contributed by atoms with Gasteiger partial charge >= 0.3 is 12.6 Å². The third kappa shape index (κ3) is 7.76. The number of amides is 1. The summed E-state index contributed by atoms with van der Waals surface area (Å²) in [6.45, 7) is -1.02. The van der Waals surface area contributed by atoms with E-state index in [9.17, 15) is 18.4 Å². The van der Waals surface area contributed by atoms with E-state index >= 15 is 0 Å². The monoisotopic (exact) mass is 574 g/mol. The predicted octanol–water partition coefficient (Wildman–Crippen LogP) is 4.62. The highest BCUT2D eigenvalue weighted by molar-refractivity contribution is 5.94. The fourth-order valence-corrected chi connectivity index (χ4v) is 3.34. The van der Waals surface area contributed by atoms with Gasteiger partial charge in [0.25, 0.3) is 5.91 Å². The summed E-state index contributed by atoms with van der Waals surface area (Å²) in [5.74, 6) is -0.974. The third-order valence-corrected chi connectivity index (χ3v) is 5.34. The molecule has 1 fully saturated rings. The Bertz CT molecular complexity index is 1270. The van der Waals surface area contributed by atoms with Crippen LogP contribution in [0.25, 0.3) is 11.5 Å². The third-order valence-electron chi connectivity index (χ3n) is 5.34. The molecule has 38 heavy (non-hydrogen) atoms. The van der Waals surface area contributed by atoms with Gasteiger partial charge in [0.15, 0.2) is 11.5 Å². The lowest BCUT2D eigenvalue weighted by Crippen LogP contribution is -2.25. The van der Waals surface area contributed by atoms with Crippen molar-refractivity contribution in [3.05, 3.63) is 59.2 Å². The van der Waals surface area contributed by atoms with Crippen molar-refractivity contribution in [2.75, 3.05) is 6.61 Å². The van der Waals surface area contributed by atoms with Gasteiger partial charge in [-0.1, -0.05) is 6.07 Å². The number of hydrogen-bond donors (Lipinski definition) is 3. The molecule has 14 heteroatoms. The average Bonchev–Trinajstić information content (AvgIpc) is 3.58. The molecule has 0 radical (unpaired) electrons. The molecule has 0 spiro atoms. The lowest BCUT2D eigenvalue weighted by Gasteiger charge is -2.12. The van der Waals surface area contributed by atoms with Crippen LogP contribution in [0.15, 0.2) is 40.8 Å². The second-order valence-electron chi connectivity index (χ2n) is 8.31. The van der Waals surface area contributed by atoms with E-state index in [1.54, 1.807) is 6.92 Å². The lowest BCUT2D eigenvalue weighted by atomic mass is 10.2. The number of carbonyl (C=O) groups excluding carboxylic acids is 1. The van der Waals surface area contributed by atoms with Crippen LogP contribution in [-0.2, 0) is 6.54 Å². The molecule has 1 aromatic carbocycles. The van der Waals surface area contributed by atoms with Gasteiger partial charge in [-0.3, -0.25) is 4.79 Å². The van der Waals surface area contributed by atoms with E-state index in [0.29, 0.717) is 29.5 Å². The van der Waals surface area contributed by atoms with Gasteiger partial charge in [0.05, 0.1) is 19.2 Å². The molecular weight excluding hydrogens is 549 g/mol. The van der Waals surface area contributed by atoms with Gasteiger partial charge in [0.2, 0.25) is 5.89 Å². The van der Waals surface area contributed by atoms with Crippen LogP contribution in [0.5, 0.6) is 11.5 Å². The van der Waals surface area contributed by atoms with Crippen molar-refractivity contribution in [2.24, 2.45) is 11.7 Å². The molecule has 0 aliphatic heterocycles. The first kappa shape index (κ1) is 30.7. The van der Waals surface area contributed by atoms with E-state index in [1.807, 2.05) is 0 Å². The van der Waals surface area contributed by atoms with Crippen LogP contribution in [0.3, 0.4) is 0 Å². The normalized spacial score (nSPS) is 13.2. The highest BCUT2D eigenvalue weighted by Crippen LogP contribution is 2.37. The molecule has 206 valence electrons. The zero-order valence-electron chi connectivity index (χ0n) is 20.1. The highest BCUT2D eigenvalue weighted by atomic mass is 35.5. The summed E-state index contributed by atoms with van der Waals surface area (Å²) in [7, 11) is 0. The Labute approximate surface area is 228 Å². The van der Waals surface area contributed by atoms with Gasteiger partial charge < -0.3 is 30.0 Å². The number of ether oxygens (including phenoxy) is 2. The number of benzene rings is 1. The molecule has 1 aliphatic carbocycles. The molecule has 10 nitrogen and oxygen atoms in total. The number of aromatic carboxylic acids is 1. The molecule has 1 aliphatic rings. The zero-order valence-corrected chi connectivity index (χ0v) is 21.7. The van der Waals surface area contributed by atoms with Crippen molar-refractivity contribution in [3.63, 3.8) is 0 Å². The smallest absolute Gasteiger partial charge is 0.387 e. The van der Waals surface area contributed by atoms with E-state index in [-0.39, 0.29) is 60.1 Å². The largest absolute Gasteiger partial charge is 0.489 e. The Hall–Kier alpha value is -3.48. The van der Waals surface area contributed by atoms with Crippen LogP contribution in [0, 0.1) is 5.92 Å². The number of halogens is 4. The number of nitrogens with two attached hydrogens (primary N) is 1. The van der Waals surface area contributed by atoms with E-state index in [0.717, 1.165) is 12.8 Å². The Morgan fingerprint density at radius 2 is 1.87 bits per heavy atom. The van der Waals surface area contributed by atoms with Gasteiger partial charge in [-0.25, -0.2) is 14.8 Å². The molecule has 2 aromatic heterocycles. The number of carboxylic acid groups (broad SMARTS) is 1. The molecule has 3 aromatic rings. The zero-order chi connectivity index (χ0) is 25.8. The molecule has 1 saturated carbocycles. The second-order valence-corrected chi connectivity index (χ2v) is 8.31. The molecule has 0 bridgehead atoms. The number of rotatable bonds is 11. The van der Waals surface area contributed by atoms with Gasteiger partial charge in [-0.2, -0.15) is 8.78 Å². The quantitative estimate of drug-likeness (QED) is 0.298. The van der Waals surface area contributed by atoms with Gasteiger partial charge in [-0.05, 0) is 56.0 Å². The van der Waals surface area contributed by atoms with Gasteiger partial charge in [-0.15, -0.1) is 24.8 Å². The summed E-state index contributed by atoms with van der Waals surface area (Å²) in [6, 6.07) is 7.85.